The van der Waals surface area contributed by atoms with Crippen molar-refractivity contribution < 1.29 is 31.1 Å². The number of imidazole rings is 2. The average Bonchev–Trinajstić information content (AvgIpc) is 3.48. The van der Waals surface area contributed by atoms with E-state index >= 15 is 0 Å². The van der Waals surface area contributed by atoms with Crippen LogP contribution in [0.3, 0.4) is 0 Å². The van der Waals surface area contributed by atoms with Crippen molar-refractivity contribution in [1.29, 1.82) is 0 Å². The number of halogens is 6. The van der Waals surface area contributed by atoms with E-state index in [1.807, 2.05) is 20.9 Å². The van der Waals surface area contributed by atoms with Crippen LogP contribution in [0.15, 0.2) is 64.9 Å². The maximum absolute atomic E-state index is 12.8. The normalized spacial score (nSPS) is 11.8. The van der Waals surface area contributed by atoms with E-state index in [0.717, 1.165) is 29.5 Å². The van der Waals surface area contributed by atoms with Crippen LogP contribution in [0.25, 0.3) is 22.5 Å². The van der Waals surface area contributed by atoms with E-state index in [9.17, 15) is 31.1 Å². The summed E-state index contributed by atoms with van der Waals surface area (Å²) in [6.07, 6.45) is -3.29. The number of aryl methyl sites for hydroxylation is 1. The first-order valence-corrected chi connectivity index (χ1v) is 13.9. The molecule has 13 heteroatoms. The van der Waals surface area contributed by atoms with Crippen molar-refractivity contribution in [3.8, 4) is 22.5 Å². The molecule has 0 amide bonds. The molecule has 4 rings (SSSR count). The Morgan fingerprint density at radius 3 is 1.68 bits per heavy atom. The van der Waals surface area contributed by atoms with E-state index in [1.165, 1.54) is 47.9 Å². The number of carbonyl (C=O) groups is 1. The Labute approximate surface area is 236 Å². The van der Waals surface area contributed by atoms with Crippen molar-refractivity contribution in [3.05, 3.63) is 72.1 Å². The highest BCUT2D eigenvalue weighted by molar-refractivity contribution is 7.99. The summed E-state index contributed by atoms with van der Waals surface area (Å²) in [6, 6.07) is 7.43. The zero-order valence-electron chi connectivity index (χ0n) is 22.0. The molecule has 0 radical (unpaired) electrons. The molecule has 0 aliphatic heterocycles. The highest BCUT2D eigenvalue weighted by atomic mass is 32.2. The van der Waals surface area contributed by atoms with Crippen LogP contribution < -0.4 is 0 Å². The molecule has 0 saturated carbocycles. The lowest BCUT2D eigenvalue weighted by Crippen LogP contribution is -2.05. The third-order valence-corrected chi connectivity index (χ3v) is 7.59. The molecule has 0 spiro atoms. The van der Waals surface area contributed by atoms with Gasteiger partial charge in [-0.2, -0.15) is 26.3 Å². The summed E-state index contributed by atoms with van der Waals surface area (Å²) in [6.45, 7) is 3.78. The first-order valence-electron chi connectivity index (χ1n) is 11.9. The number of carbonyl (C=O) groups excluding carboxylic acids is 1. The lowest BCUT2D eigenvalue weighted by Gasteiger charge is -2.13. The van der Waals surface area contributed by atoms with Crippen molar-refractivity contribution in [2.45, 2.75) is 36.0 Å². The molecule has 0 N–H and O–H groups in total. The molecule has 5 nitrogen and oxygen atoms in total. The molecule has 2 heterocycles. The summed E-state index contributed by atoms with van der Waals surface area (Å²) in [5.74, 6) is 1.59. The van der Waals surface area contributed by atoms with Gasteiger partial charge in [0.25, 0.3) is 0 Å². The molecule has 4 aromatic rings. The number of aromatic nitrogens is 4. The van der Waals surface area contributed by atoms with Gasteiger partial charge in [-0.05, 0) is 35.8 Å². The van der Waals surface area contributed by atoms with E-state index in [4.69, 9.17) is 0 Å². The van der Waals surface area contributed by atoms with E-state index < -0.39 is 23.5 Å². The summed E-state index contributed by atoms with van der Waals surface area (Å²) in [4.78, 5) is 19.9. The number of nitrogens with zero attached hydrogens (tertiary/aromatic N) is 4. The molecule has 0 unspecified atom stereocenters. The van der Waals surface area contributed by atoms with Gasteiger partial charge in [0.2, 0.25) is 0 Å². The minimum atomic E-state index is -4.37. The molecule has 40 heavy (non-hydrogen) atoms. The van der Waals surface area contributed by atoms with Gasteiger partial charge in [0.15, 0.2) is 12.1 Å². The molecule has 0 bridgehead atoms. The van der Waals surface area contributed by atoms with Gasteiger partial charge in [0.1, 0.15) is 0 Å². The standard InChI is InChI=1S/C14H13F3N2OS.C13H13F3N2S/c1-3-21-12-6-9(14(15,16)17)4-5-10(12)11-7-18-13(8-20)19(11)2;1-3-19-12-6-9(13(14,15)16)4-5-10(12)11-7-17-8-18(11)2/h4-8H,3H2,1-2H3;4-8H,3H2,1-2H3. The molecule has 2 aromatic heterocycles. The summed E-state index contributed by atoms with van der Waals surface area (Å²) < 4.78 is 80.0. The SMILES string of the molecule is CCSc1cc(C(F)(F)F)ccc1-c1cnc(C=O)n1C.CCSc1cc(C(F)(F)F)ccc1-c1cncn1C. The van der Waals surface area contributed by atoms with Crippen molar-refractivity contribution in [2.75, 3.05) is 11.5 Å². The highest BCUT2D eigenvalue weighted by Crippen LogP contribution is 2.38. The molecule has 0 atom stereocenters. The Hall–Kier alpha value is -3.19. The molecule has 0 aliphatic carbocycles. The number of thioether (sulfide) groups is 2. The Bertz CT molecular complexity index is 1460. The quantitative estimate of drug-likeness (QED) is 0.122. The smallest absolute Gasteiger partial charge is 0.334 e. The van der Waals surface area contributed by atoms with Crippen LogP contribution in [0, 0.1) is 0 Å². The monoisotopic (exact) mass is 600 g/mol. The van der Waals surface area contributed by atoms with Gasteiger partial charge in [0, 0.05) is 35.0 Å². The Morgan fingerprint density at radius 2 is 1.30 bits per heavy atom. The summed E-state index contributed by atoms with van der Waals surface area (Å²) >= 11 is 2.72. The first-order chi connectivity index (χ1) is 18.8. The predicted octanol–water partition coefficient (Wildman–Crippen LogP) is 8.25. The fraction of sp³-hybridized carbons (Fsp3) is 0.296. The lowest BCUT2D eigenvalue weighted by atomic mass is 10.1. The number of benzene rings is 2. The second-order valence-electron chi connectivity index (χ2n) is 8.35. The zero-order valence-corrected chi connectivity index (χ0v) is 23.6. The topological polar surface area (TPSA) is 52.7 Å². The predicted molar refractivity (Wildman–Crippen MR) is 145 cm³/mol. The molecule has 0 aliphatic rings. The van der Waals surface area contributed by atoms with E-state index in [1.54, 1.807) is 28.7 Å². The molecule has 0 saturated heterocycles. The Morgan fingerprint density at radius 1 is 0.800 bits per heavy atom. The average molecular weight is 601 g/mol. The maximum atomic E-state index is 12.8. The van der Waals surface area contributed by atoms with Gasteiger partial charge in [-0.25, -0.2) is 9.97 Å². The number of aldehydes is 1. The minimum Gasteiger partial charge on any atom is -0.334 e. The Balaban J connectivity index is 0.000000222. The molecule has 2 aromatic carbocycles. The molecule has 214 valence electrons. The van der Waals surface area contributed by atoms with Gasteiger partial charge < -0.3 is 9.13 Å². The second kappa shape index (κ2) is 13.0. The van der Waals surface area contributed by atoms with Crippen LogP contribution in [0.1, 0.15) is 35.6 Å². The number of hydrogen-bond donors (Lipinski definition) is 0. The van der Waals surface area contributed by atoms with E-state index in [2.05, 4.69) is 9.97 Å². The van der Waals surface area contributed by atoms with Crippen LogP contribution in [0.4, 0.5) is 26.3 Å². The van der Waals surface area contributed by atoms with E-state index in [-0.39, 0.29) is 5.82 Å². The van der Waals surface area contributed by atoms with Crippen LogP contribution in [-0.2, 0) is 26.4 Å². The second-order valence-corrected chi connectivity index (χ2v) is 11.0. The van der Waals surface area contributed by atoms with Crippen molar-refractivity contribution in [1.82, 2.24) is 19.1 Å². The van der Waals surface area contributed by atoms with Crippen LogP contribution in [-0.4, -0.2) is 36.9 Å². The van der Waals surface area contributed by atoms with Crippen molar-refractivity contribution >= 4 is 29.8 Å². The van der Waals surface area contributed by atoms with Gasteiger partial charge >= 0.3 is 12.4 Å². The number of hydrogen-bond acceptors (Lipinski definition) is 5. The Kier molecular flexibility index (Phi) is 10.2. The summed E-state index contributed by atoms with van der Waals surface area (Å²) in [5, 5.41) is 0. The van der Waals surface area contributed by atoms with Gasteiger partial charge in [0.05, 0.1) is 41.2 Å². The van der Waals surface area contributed by atoms with Gasteiger partial charge in [-0.1, -0.05) is 26.0 Å². The summed E-state index contributed by atoms with van der Waals surface area (Å²) in [5.41, 5.74) is 1.54. The molecule has 0 fully saturated rings. The van der Waals surface area contributed by atoms with Gasteiger partial charge in [-0.3, -0.25) is 4.79 Å². The minimum absolute atomic E-state index is 0.234. The maximum Gasteiger partial charge on any atom is 0.416 e. The fourth-order valence-electron chi connectivity index (χ4n) is 3.77. The van der Waals surface area contributed by atoms with Crippen LogP contribution >= 0.6 is 23.5 Å². The van der Waals surface area contributed by atoms with Crippen molar-refractivity contribution in [3.63, 3.8) is 0 Å². The molecular formula is C27H26F6N4OS2. The number of rotatable bonds is 7. The zero-order chi connectivity index (χ0) is 29.7. The highest BCUT2D eigenvalue weighted by Gasteiger charge is 2.32. The number of alkyl halides is 6. The van der Waals surface area contributed by atoms with Crippen molar-refractivity contribution in [2.24, 2.45) is 14.1 Å². The summed E-state index contributed by atoms with van der Waals surface area (Å²) in [7, 11) is 3.48. The lowest BCUT2D eigenvalue weighted by molar-refractivity contribution is -0.138. The van der Waals surface area contributed by atoms with Crippen LogP contribution in [0.2, 0.25) is 0 Å². The van der Waals surface area contributed by atoms with Crippen LogP contribution in [0.5, 0.6) is 0 Å². The first kappa shape index (κ1) is 31.3. The van der Waals surface area contributed by atoms with Gasteiger partial charge in [-0.15, -0.1) is 23.5 Å². The van der Waals surface area contributed by atoms with E-state index in [0.29, 0.717) is 38.8 Å². The third-order valence-electron chi connectivity index (χ3n) is 5.72. The fourth-order valence-corrected chi connectivity index (χ4v) is 5.47. The molecular weight excluding hydrogens is 574 g/mol. The third kappa shape index (κ3) is 7.30. The largest absolute Gasteiger partial charge is 0.416 e.